The van der Waals surface area contributed by atoms with E-state index in [0.717, 1.165) is 24.0 Å². The predicted octanol–water partition coefficient (Wildman–Crippen LogP) is 4.66. The van der Waals surface area contributed by atoms with Gasteiger partial charge in [0.1, 0.15) is 5.82 Å². The van der Waals surface area contributed by atoms with Crippen LogP contribution in [0.25, 0.3) is 11.0 Å². The summed E-state index contributed by atoms with van der Waals surface area (Å²) in [6, 6.07) is 3.23. The third-order valence-corrected chi connectivity index (χ3v) is 4.32. The first-order chi connectivity index (χ1) is 9.34. The van der Waals surface area contributed by atoms with Crippen LogP contribution in [0.1, 0.15) is 20.3 Å². The van der Waals surface area contributed by atoms with Gasteiger partial charge >= 0.3 is 0 Å². The van der Waals surface area contributed by atoms with Crippen LogP contribution < -0.4 is 0 Å². The van der Waals surface area contributed by atoms with E-state index in [1.807, 2.05) is 4.57 Å². The number of aromatic nitrogens is 2. The van der Waals surface area contributed by atoms with E-state index in [4.69, 9.17) is 17.0 Å². The lowest BCUT2D eigenvalue weighted by molar-refractivity contribution is 0.143. The van der Waals surface area contributed by atoms with Crippen molar-refractivity contribution in [3.63, 3.8) is 0 Å². The van der Waals surface area contributed by atoms with Gasteiger partial charge in [0.15, 0.2) is 4.77 Å². The SMILES string of the molecule is COCCC(C)(C)Cn1c(=S)[nH]c2cc(F)c(Br)cc21. The van der Waals surface area contributed by atoms with E-state index in [1.165, 1.54) is 6.07 Å². The second-order valence-electron chi connectivity index (χ2n) is 5.71. The van der Waals surface area contributed by atoms with Gasteiger partial charge in [0.25, 0.3) is 0 Å². The number of fused-ring (bicyclic) bond motifs is 1. The van der Waals surface area contributed by atoms with Crippen molar-refractivity contribution in [2.75, 3.05) is 13.7 Å². The molecule has 6 heteroatoms. The highest BCUT2D eigenvalue weighted by Gasteiger charge is 2.20. The van der Waals surface area contributed by atoms with Crippen LogP contribution in [0.15, 0.2) is 16.6 Å². The van der Waals surface area contributed by atoms with E-state index in [9.17, 15) is 4.39 Å². The fourth-order valence-corrected chi connectivity index (χ4v) is 2.80. The summed E-state index contributed by atoms with van der Waals surface area (Å²) in [5.74, 6) is -0.292. The smallest absolute Gasteiger partial charge is 0.178 e. The summed E-state index contributed by atoms with van der Waals surface area (Å²) >= 11 is 8.58. The minimum absolute atomic E-state index is 0.0459. The quantitative estimate of drug-likeness (QED) is 0.785. The molecule has 0 radical (unpaired) electrons. The number of ether oxygens (including phenoxy) is 1. The summed E-state index contributed by atoms with van der Waals surface area (Å²) in [6.07, 6.45) is 0.931. The average molecular weight is 361 g/mol. The molecule has 2 rings (SSSR count). The Labute approximate surface area is 131 Å². The van der Waals surface area contributed by atoms with Crippen molar-refractivity contribution in [3.05, 3.63) is 27.2 Å². The number of hydrogen-bond acceptors (Lipinski definition) is 2. The second kappa shape index (κ2) is 5.95. The van der Waals surface area contributed by atoms with Gasteiger partial charge in [-0.3, -0.25) is 0 Å². The largest absolute Gasteiger partial charge is 0.385 e. The molecular weight excluding hydrogens is 343 g/mol. The summed E-state index contributed by atoms with van der Waals surface area (Å²) in [5, 5.41) is 0. The van der Waals surface area contributed by atoms with Crippen LogP contribution in [0.3, 0.4) is 0 Å². The fourth-order valence-electron chi connectivity index (χ4n) is 2.19. The third-order valence-electron chi connectivity index (χ3n) is 3.39. The number of H-pyrrole nitrogens is 1. The molecule has 1 aromatic heterocycles. The molecule has 1 N–H and O–H groups in total. The predicted molar refractivity (Wildman–Crippen MR) is 85.1 cm³/mol. The number of rotatable bonds is 5. The van der Waals surface area contributed by atoms with E-state index in [2.05, 4.69) is 34.8 Å². The van der Waals surface area contributed by atoms with Crippen molar-refractivity contribution in [1.82, 2.24) is 9.55 Å². The van der Waals surface area contributed by atoms with Crippen molar-refractivity contribution in [2.24, 2.45) is 5.41 Å². The maximum Gasteiger partial charge on any atom is 0.178 e. The van der Waals surface area contributed by atoms with Crippen LogP contribution in [0.4, 0.5) is 4.39 Å². The molecule has 0 aliphatic heterocycles. The summed E-state index contributed by atoms with van der Waals surface area (Å²) in [4.78, 5) is 3.06. The van der Waals surface area contributed by atoms with E-state index in [-0.39, 0.29) is 11.2 Å². The molecule has 3 nitrogen and oxygen atoms in total. The van der Waals surface area contributed by atoms with Crippen molar-refractivity contribution in [3.8, 4) is 0 Å². The highest BCUT2D eigenvalue weighted by molar-refractivity contribution is 9.10. The van der Waals surface area contributed by atoms with Gasteiger partial charge in [0.05, 0.1) is 15.5 Å². The molecule has 0 amide bonds. The van der Waals surface area contributed by atoms with Crippen LogP contribution in [0.5, 0.6) is 0 Å². The molecule has 0 saturated heterocycles. The highest BCUT2D eigenvalue weighted by Crippen LogP contribution is 2.28. The van der Waals surface area contributed by atoms with Gasteiger partial charge in [-0.15, -0.1) is 0 Å². The summed E-state index contributed by atoms with van der Waals surface area (Å²) in [6.45, 7) is 5.81. The lowest BCUT2D eigenvalue weighted by Crippen LogP contribution is -2.21. The Morgan fingerprint density at radius 2 is 2.15 bits per heavy atom. The number of aromatic amines is 1. The molecule has 0 aliphatic rings. The summed E-state index contributed by atoms with van der Waals surface area (Å²) < 4.78 is 21.8. The molecule has 1 aromatic carbocycles. The normalized spacial score (nSPS) is 12.2. The van der Waals surface area contributed by atoms with Crippen LogP contribution in [-0.4, -0.2) is 23.3 Å². The molecule has 0 saturated carbocycles. The van der Waals surface area contributed by atoms with E-state index < -0.39 is 0 Å². The van der Waals surface area contributed by atoms with Crippen LogP contribution >= 0.6 is 28.1 Å². The molecule has 1 heterocycles. The van der Waals surface area contributed by atoms with Crippen molar-refractivity contribution in [1.29, 1.82) is 0 Å². The monoisotopic (exact) mass is 360 g/mol. The van der Waals surface area contributed by atoms with Gasteiger partial charge < -0.3 is 14.3 Å². The first kappa shape index (κ1) is 15.7. The lowest BCUT2D eigenvalue weighted by atomic mass is 9.89. The van der Waals surface area contributed by atoms with Crippen LogP contribution in [-0.2, 0) is 11.3 Å². The topological polar surface area (TPSA) is 29.9 Å². The van der Waals surface area contributed by atoms with E-state index >= 15 is 0 Å². The molecule has 0 bridgehead atoms. The van der Waals surface area contributed by atoms with Crippen molar-refractivity contribution < 1.29 is 9.13 Å². The van der Waals surface area contributed by atoms with Crippen LogP contribution in [0, 0.1) is 16.0 Å². The minimum Gasteiger partial charge on any atom is -0.385 e. The van der Waals surface area contributed by atoms with E-state index in [0.29, 0.717) is 15.9 Å². The summed E-state index contributed by atoms with van der Waals surface area (Å²) in [5.41, 5.74) is 1.68. The first-order valence-electron chi connectivity index (χ1n) is 6.40. The van der Waals surface area contributed by atoms with Crippen molar-refractivity contribution >= 4 is 39.2 Å². The van der Waals surface area contributed by atoms with Gasteiger partial charge in [-0.1, -0.05) is 13.8 Å². The molecule has 0 aliphatic carbocycles. The molecule has 0 spiro atoms. The molecule has 0 atom stereocenters. The van der Waals surface area contributed by atoms with Crippen molar-refractivity contribution in [2.45, 2.75) is 26.8 Å². The zero-order chi connectivity index (χ0) is 14.9. The number of nitrogens with one attached hydrogen (secondary N) is 1. The Morgan fingerprint density at radius 1 is 1.45 bits per heavy atom. The zero-order valence-corrected chi connectivity index (χ0v) is 14.2. The van der Waals surface area contributed by atoms with Gasteiger partial charge in [-0.05, 0) is 46.0 Å². The number of hydrogen-bond donors (Lipinski definition) is 1. The van der Waals surface area contributed by atoms with Gasteiger partial charge in [0.2, 0.25) is 0 Å². The number of benzene rings is 1. The third kappa shape index (κ3) is 3.30. The molecule has 0 unspecified atom stereocenters. The number of halogens is 2. The first-order valence-corrected chi connectivity index (χ1v) is 7.61. The maximum absolute atomic E-state index is 13.6. The standard InChI is InChI=1S/C14H18BrFN2OS/c1-14(2,4-5-19-3)8-18-12-6-9(15)10(16)7-11(12)17-13(18)20/h6-7H,4-5,8H2,1-3H3,(H,17,20). The Bertz CT molecular complexity index is 678. The number of methoxy groups -OCH3 is 1. The highest BCUT2D eigenvalue weighted by atomic mass is 79.9. The molecule has 2 aromatic rings. The molecule has 20 heavy (non-hydrogen) atoms. The summed E-state index contributed by atoms with van der Waals surface area (Å²) in [7, 11) is 1.70. The molecule has 0 fully saturated rings. The number of imidazole rings is 1. The number of nitrogens with zero attached hydrogens (tertiary/aromatic N) is 1. The Hall–Kier alpha value is -0.720. The average Bonchev–Trinajstić information content (AvgIpc) is 2.64. The van der Waals surface area contributed by atoms with Gasteiger partial charge in [0, 0.05) is 26.3 Å². The maximum atomic E-state index is 13.6. The van der Waals surface area contributed by atoms with Gasteiger partial charge in [-0.2, -0.15) is 0 Å². The zero-order valence-electron chi connectivity index (χ0n) is 11.8. The van der Waals surface area contributed by atoms with Crippen LogP contribution in [0.2, 0.25) is 0 Å². The van der Waals surface area contributed by atoms with Gasteiger partial charge in [-0.25, -0.2) is 4.39 Å². The Morgan fingerprint density at radius 3 is 2.80 bits per heavy atom. The molecule has 110 valence electrons. The Balaban J connectivity index is 2.41. The Kier molecular flexibility index (Phi) is 4.66. The minimum atomic E-state index is -0.292. The lowest BCUT2D eigenvalue weighted by Gasteiger charge is -2.25. The second-order valence-corrected chi connectivity index (χ2v) is 6.95. The van der Waals surface area contributed by atoms with E-state index in [1.54, 1.807) is 13.2 Å². The fraction of sp³-hybridized carbons (Fsp3) is 0.500. The molecular formula is C14H18BrFN2OS.